The van der Waals surface area contributed by atoms with Gasteiger partial charge in [-0.2, -0.15) is 0 Å². The van der Waals surface area contributed by atoms with Crippen LogP contribution in [0, 0.1) is 10.5 Å². The molecule has 0 aromatic carbocycles. The molecule has 19 heavy (non-hydrogen) atoms. The fourth-order valence-electron chi connectivity index (χ4n) is 1.81. The molecule has 0 aliphatic carbocycles. The number of halogens is 1. The highest BCUT2D eigenvalue weighted by Gasteiger charge is 2.13. The summed E-state index contributed by atoms with van der Waals surface area (Å²) in [5.41, 5.74) is 1.85. The normalized spacial score (nSPS) is 10.5. The molecule has 0 saturated carbocycles. The van der Waals surface area contributed by atoms with Gasteiger partial charge < -0.3 is 9.88 Å². The monoisotopic (exact) mass is 370 g/mol. The van der Waals surface area contributed by atoms with E-state index in [1.165, 1.54) is 6.33 Å². The SMILES string of the molecule is CCN(Cc1cccc(C)n1)c1nc[nH]c(=O)c1I. The third-order valence-electron chi connectivity index (χ3n) is 2.76. The number of hydrogen-bond acceptors (Lipinski definition) is 4. The summed E-state index contributed by atoms with van der Waals surface area (Å²) in [5.74, 6) is 0.704. The molecule has 0 unspecified atom stereocenters. The minimum Gasteiger partial charge on any atom is -0.350 e. The highest BCUT2D eigenvalue weighted by Crippen LogP contribution is 2.17. The largest absolute Gasteiger partial charge is 0.350 e. The van der Waals surface area contributed by atoms with Gasteiger partial charge in [-0.3, -0.25) is 9.78 Å². The lowest BCUT2D eigenvalue weighted by atomic mass is 10.3. The molecular formula is C13H15IN4O. The Kier molecular flexibility index (Phi) is 4.52. The van der Waals surface area contributed by atoms with Gasteiger partial charge in [0.15, 0.2) is 0 Å². The number of pyridine rings is 1. The van der Waals surface area contributed by atoms with Crippen LogP contribution in [0.3, 0.4) is 0 Å². The molecule has 0 atom stereocenters. The number of rotatable bonds is 4. The van der Waals surface area contributed by atoms with Crippen molar-refractivity contribution in [2.45, 2.75) is 20.4 Å². The van der Waals surface area contributed by atoms with Crippen molar-refractivity contribution in [2.24, 2.45) is 0 Å². The minimum atomic E-state index is -0.110. The van der Waals surface area contributed by atoms with Crippen LogP contribution in [0.4, 0.5) is 5.82 Å². The standard InChI is InChI=1S/C13H15IN4O/c1-3-18(7-10-6-4-5-9(2)17-10)12-11(14)13(19)16-8-15-12/h4-6,8H,3,7H2,1-2H3,(H,15,16,19). The molecule has 2 heterocycles. The summed E-state index contributed by atoms with van der Waals surface area (Å²) in [6, 6.07) is 5.94. The highest BCUT2D eigenvalue weighted by molar-refractivity contribution is 14.1. The van der Waals surface area contributed by atoms with E-state index < -0.39 is 0 Å². The molecule has 6 heteroatoms. The molecule has 0 spiro atoms. The molecule has 100 valence electrons. The number of nitrogens with zero attached hydrogens (tertiary/aromatic N) is 3. The summed E-state index contributed by atoms with van der Waals surface area (Å²) >= 11 is 2.02. The molecule has 0 aliphatic heterocycles. The molecule has 5 nitrogen and oxygen atoms in total. The number of nitrogens with one attached hydrogen (secondary N) is 1. The number of aromatic nitrogens is 3. The van der Waals surface area contributed by atoms with Crippen molar-refractivity contribution in [3.63, 3.8) is 0 Å². The van der Waals surface area contributed by atoms with Crippen molar-refractivity contribution in [3.8, 4) is 0 Å². The van der Waals surface area contributed by atoms with Gasteiger partial charge in [-0.25, -0.2) is 4.98 Å². The average molecular weight is 370 g/mol. The Morgan fingerprint density at radius 2 is 2.21 bits per heavy atom. The molecule has 1 N–H and O–H groups in total. The lowest BCUT2D eigenvalue weighted by Crippen LogP contribution is -2.27. The second-order valence-corrected chi connectivity index (χ2v) is 5.23. The maximum Gasteiger partial charge on any atom is 0.266 e. The summed E-state index contributed by atoms with van der Waals surface area (Å²) in [7, 11) is 0. The van der Waals surface area contributed by atoms with E-state index in [9.17, 15) is 4.79 Å². The van der Waals surface area contributed by atoms with Crippen LogP contribution in [0.1, 0.15) is 18.3 Å². The van der Waals surface area contributed by atoms with Gasteiger partial charge in [0.25, 0.3) is 5.56 Å². The van der Waals surface area contributed by atoms with Crippen LogP contribution in [-0.4, -0.2) is 21.5 Å². The number of H-pyrrole nitrogens is 1. The molecule has 0 aliphatic rings. The van der Waals surface area contributed by atoms with Crippen LogP contribution in [-0.2, 0) is 6.54 Å². The lowest BCUT2D eigenvalue weighted by molar-refractivity contribution is 0.782. The van der Waals surface area contributed by atoms with Gasteiger partial charge in [0.05, 0.1) is 18.6 Å². The number of hydrogen-bond donors (Lipinski definition) is 1. The molecule has 2 rings (SSSR count). The van der Waals surface area contributed by atoms with Gasteiger partial charge in [-0.05, 0) is 48.6 Å². The molecule has 2 aromatic heterocycles. The zero-order valence-corrected chi connectivity index (χ0v) is 13.0. The molecule has 0 fully saturated rings. The second kappa shape index (κ2) is 6.14. The third-order valence-corrected chi connectivity index (χ3v) is 3.73. The molecule has 0 saturated heterocycles. The first-order chi connectivity index (χ1) is 9.11. The van der Waals surface area contributed by atoms with Crippen LogP contribution in [0.5, 0.6) is 0 Å². The quantitative estimate of drug-likeness (QED) is 0.838. The first-order valence-corrected chi connectivity index (χ1v) is 7.10. The molecule has 0 amide bonds. The van der Waals surface area contributed by atoms with Crippen molar-refractivity contribution in [1.29, 1.82) is 0 Å². The Morgan fingerprint density at radius 3 is 2.89 bits per heavy atom. The number of aromatic amines is 1. The van der Waals surface area contributed by atoms with Crippen molar-refractivity contribution >= 4 is 28.4 Å². The molecule has 0 bridgehead atoms. The van der Waals surface area contributed by atoms with E-state index in [0.717, 1.165) is 17.9 Å². The minimum absolute atomic E-state index is 0.110. The molecular weight excluding hydrogens is 355 g/mol. The van der Waals surface area contributed by atoms with E-state index in [-0.39, 0.29) is 5.56 Å². The molecule has 2 aromatic rings. The van der Waals surface area contributed by atoms with Crippen LogP contribution in [0.25, 0.3) is 0 Å². The Labute approximate surface area is 125 Å². The fraction of sp³-hybridized carbons (Fsp3) is 0.308. The van der Waals surface area contributed by atoms with Crippen molar-refractivity contribution < 1.29 is 0 Å². The smallest absolute Gasteiger partial charge is 0.266 e. The van der Waals surface area contributed by atoms with E-state index in [4.69, 9.17) is 0 Å². The Hall–Kier alpha value is -1.44. The zero-order valence-electron chi connectivity index (χ0n) is 10.9. The lowest BCUT2D eigenvalue weighted by Gasteiger charge is -2.22. The summed E-state index contributed by atoms with van der Waals surface area (Å²) in [6.07, 6.45) is 1.44. The second-order valence-electron chi connectivity index (χ2n) is 4.15. The van der Waals surface area contributed by atoms with Crippen LogP contribution in [0.15, 0.2) is 29.3 Å². The Bertz CT molecular complexity index is 626. The van der Waals surface area contributed by atoms with Gasteiger partial charge in [0, 0.05) is 12.2 Å². The van der Waals surface area contributed by atoms with Gasteiger partial charge >= 0.3 is 0 Å². The van der Waals surface area contributed by atoms with E-state index >= 15 is 0 Å². The number of anilines is 1. The van der Waals surface area contributed by atoms with Crippen LogP contribution in [0.2, 0.25) is 0 Å². The van der Waals surface area contributed by atoms with Gasteiger partial charge in [-0.15, -0.1) is 0 Å². The summed E-state index contributed by atoms with van der Waals surface area (Å²) < 4.78 is 0.606. The third kappa shape index (κ3) is 3.31. The average Bonchev–Trinajstić information content (AvgIpc) is 2.40. The van der Waals surface area contributed by atoms with E-state index in [1.807, 2.05) is 59.5 Å². The van der Waals surface area contributed by atoms with Crippen molar-refractivity contribution in [1.82, 2.24) is 15.0 Å². The Balaban J connectivity index is 2.30. The molecule has 0 radical (unpaired) electrons. The first-order valence-electron chi connectivity index (χ1n) is 6.02. The van der Waals surface area contributed by atoms with Crippen molar-refractivity contribution in [2.75, 3.05) is 11.4 Å². The highest BCUT2D eigenvalue weighted by atomic mass is 127. The van der Waals surface area contributed by atoms with Crippen LogP contribution >= 0.6 is 22.6 Å². The number of aryl methyl sites for hydroxylation is 1. The van der Waals surface area contributed by atoms with E-state index in [0.29, 0.717) is 15.9 Å². The zero-order chi connectivity index (χ0) is 13.8. The fourth-order valence-corrected chi connectivity index (χ4v) is 2.45. The van der Waals surface area contributed by atoms with E-state index in [2.05, 4.69) is 15.0 Å². The van der Waals surface area contributed by atoms with Crippen LogP contribution < -0.4 is 10.5 Å². The maximum absolute atomic E-state index is 11.6. The van der Waals surface area contributed by atoms with Gasteiger partial charge in [0.1, 0.15) is 9.39 Å². The topological polar surface area (TPSA) is 61.9 Å². The summed E-state index contributed by atoms with van der Waals surface area (Å²) in [4.78, 5) is 25.0. The van der Waals surface area contributed by atoms with Gasteiger partial charge in [-0.1, -0.05) is 6.07 Å². The predicted molar refractivity (Wildman–Crippen MR) is 83.3 cm³/mol. The predicted octanol–water partition coefficient (Wildman–Crippen LogP) is 2.10. The Morgan fingerprint density at radius 1 is 1.42 bits per heavy atom. The van der Waals surface area contributed by atoms with E-state index in [1.54, 1.807) is 0 Å². The summed E-state index contributed by atoms with van der Waals surface area (Å²) in [6.45, 7) is 5.41. The summed E-state index contributed by atoms with van der Waals surface area (Å²) in [5, 5.41) is 0. The van der Waals surface area contributed by atoms with Gasteiger partial charge in [0.2, 0.25) is 0 Å². The van der Waals surface area contributed by atoms with Crippen molar-refractivity contribution in [3.05, 3.63) is 49.8 Å². The first kappa shape index (κ1) is 14.0. The maximum atomic E-state index is 11.6.